The molecule has 0 saturated carbocycles. The summed E-state index contributed by atoms with van der Waals surface area (Å²) in [6.45, 7) is 0. The summed E-state index contributed by atoms with van der Waals surface area (Å²) >= 11 is 0. The van der Waals surface area contributed by atoms with Crippen LogP contribution in [0, 0.1) is 0 Å². The highest BCUT2D eigenvalue weighted by Gasteiger charge is 2.24. The number of rotatable bonds is 12. The molecule has 672 valence electrons. The van der Waals surface area contributed by atoms with Crippen LogP contribution in [0.2, 0.25) is 0 Å². The number of aromatic nitrogens is 6. The third-order valence-electron chi connectivity index (χ3n) is 29.7. The molecule has 144 heavy (non-hydrogen) atoms. The third kappa shape index (κ3) is 14.0. The highest BCUT2D eigenvalue weighted by Crippen LogP contribution is 2.46. The second kappa shape index (κ2) is 34.5. The molecule has 0 atom stereocenters. The van der Waals surface area contributed by atoms with Crippen molar-refractivity contribution in [2.75, 3.05) is 0 Å². The van der Waals surface area contributed by atoms with Gasteiger partial charge in [-0.05, 0) is 258 Å². The lowest BCUT2D eigenvalue weighted by Crippen LogP contribution is -1.95. The van der Waals surface area contributed by atoms with Crippen molar-refractivity contribution in [3.8, 4) is 101 Å². The highest BCUT2D eigenvalue weighted by molar-refractivity contribution is 6.18. The monoisotopic (exact) mass is 1830 g/mol. The van der Waals surface area contributed by atoms with Crippen molar-refractivity contribution in [1.29, 1.82) is 0 Å². The molecule has 0 amide bonds. The molecule has 30 aromatic rings. The minimum atomic E-state index is 1.16. The minimum absolute atomic E-state index is 1.16. The molecule has 6 heterocycles. The van der Waals surface area contributed by atoms with E-state index in [1.165, 1.54) is 247 Å². The van der Waals surface area contributed by atoms with E-state index in [4.69, 9.17) is 0 Å². The standard InChI is InChI=1S/3C46H30N2/c1-2-12-31(13-3-1)33-16-10-17-36(28-33)47-43-21-8-6-19-38(43)40-29-34(24-26-45(40)47)35-25-27-46-41(30-35)39-20-7-9-22-44(39)48(46)42-23-11-15-32-14-4-5-18-37(32)42;1-2-11-31(12-3-1)32-21-25-36(26-22-32)47-43-18-8-6-16-38(43)40-29-34(23-27-45(40)47)35-24-28-46-41(30-35)39-17-7-9-19-44(39)48(46)42-20-10-14-33-13-4-5-15-37(33)42;1-2-10-31(11-3-1)33-18-23-37(24-19-33)47-43-16-8-6-14-39(43)41-29-35(21-26-45(41)47)36-22-27-46-42(30-36)40-15-7-9-17-44(40)48(46)38-25-20-32-12-4-5-13-34(32)28-38/h3*1-30H. The maximum absolute atomic E-state index is 2.43. The first-order valence-corrected chi connectivity index (χ1v) is 49.6. The van der Waals surface area contributed by atoms with Gasteiger partial charge in [-0.1, -0.05) is 376 Å². The Morgan fingerprint density at radius 1 is 0.0903 bits per heavy atom. The fourth-order valence-electron chi connectivity index (χ4n) is 23.0. The largest absolute Gasteiger partial charge is 0.309 e. The molecule has 30 rings (SSSR count). The fourth-order valence-corrected chi connectivity index (χ4v) is 23.0. The van der Waals surface area contributed by atoms with Crippen molar-refractivity contribution >= 4 is 163 Å². The lowest BCUT2D eigenvalue weighted by atomic mass is 10.0. The number of para-hydroxylation sites is 6. The first kappa shape index (κ1) is 83.1. The van der Waals surface area contributed by atoms with Crippen LogP contribution in [0.3, 0.4) is 0 Å². The Hall–Kier alpha value is -19.1. The van der Waals surface area contributed by atoms with Crippen LogP contribution in [0.1, 0.15) is 0 Å². The molecule has 6 nitrogen and oxygen atoms in total. The van der Waals surface area contributed by atoms with Crippen LogP contribution in [0.25, 0.3) is 264 Å². The lowest BCUT2D eigenvalue weighted by molar-refractivity contribution is 1.18. The Bertz CT molecular complexity index is 10300. The molecule has 0 unspecified atom stereocenters. The maximum Gasteiger partial charge on any atom is 0.0541 e. The zero-order valence-corrected chi connectivity index (χ0v) is 78.6. The molecular weight excluding hydrogens is 1740 g/mol. The second-order valence-electron chi connectivity index (χ2n) is 37.8. The maximum atomic E-state index is 2.43. The van der Waals surface area contributed by atoms with Crippen LogP contribution in [0.4, 0.5) is 0 Å². The molecule has 0 aliphatic carbocycles. The van der Waals surface area contributed by atoms with Crippen LogP contribution in [-0.2, 0) is 0 Å². The smallest absolute Gasteiger partial charge is 0.0541 e. The van der Waals surface area contributed by atoms with Crippen LogP contribution in [0.15, 0.2) is 546 Å². The van der Waals surface area contributed by atoms with Crippen molar-refractivity contribution in [2.45, 2.75) is 0 Å². The summed E-state index contributed by atoms with van der Waals surface area (Å²) in [4.78, 5) is 0. The second-order valence-corrected chi connectivity index (χ2v) is 37.8. The van der Waals surface area contributed by atoms with Crippen LogP contribution >= 0.6 is 0 Å². The fraction of sp³-hybridized carbons (Fsp3) is 0. The van der Waals surface area contributed by atoms with Crippen LogP contribution < -0.4 is 0 Å². The molecule has 24 aromatic carbocycles. The van der Waals surface area contributed by atoms with Gasteiger partial charge in [-0.3, -0.25) is 0 Å². The SMILES string of the molecule is c1ccc(-c2ccc(-n3c4ccccc4c4cc(-c5ccc6c(c5)c5ccccc5n6-c5ccc6ccccc6c5)ccc43)cc2)cc1.c1ccc(-c2ccc(-n3c4ccccc4c4cc(-c5ccc6c(c5)c5ccccc5n6-c5cccc6ccccc56)ccc43)cc2)cc1.c1ccc(-c2cccc(-n3c4ccccc4c4cc(-c5ccc6c(c5)c5ccccc5n6-c5cccc6ccccc56)ccc43)c2)cc1. The molecule has 0 N–H and O–H groups in total. The molecule has 0 bridgehead atoms. The summed E-state index contributed by atoms with van der Waals surface area (Å²) in [5.41, 5.74) is 36.3. The molecule has 6 heteroatoms. The number of nitrogens with zero attached hydrogens (tertiary/aromatic N) is 6. The number of hydrogen-bond donors (Lipinski definition) is 0. The van der Waals surface area contributed by atoms with E-state index in [2.05, 4.69) is 573 Å². The first-order valence-electron chi connectivity index (χ1n) is 49.6. The van der Waals surface area contributed by atoms with Crippen molar-refractivity contribution < 1.29 is 0 Å². The van der Waals surface area contributed by atoms with Gasteiger partial charge < -0.3 is 27.4 Å². The molecular formula is C138H90N6. The highest BCUT2D eigenvalue weighted by atomic mass is 15.0. The lowest BCUT2D eigenvalue weighted by Gasteiger charge is -2.12. The zero-order chi connectivity index (χ0) is 94.8. The van der Waals surface area contributed by atoms with E-state index in [9.17, 15) is 0 Å². The number of benzene rings is 24. The minimum Gasteiger partial charge on any atom is -0.309 e. The Morgan fingerprint density at radius 2 is 0.299 bits per heavy atom. The van der Waals surface area contributed by atoms with Crippen molar-refractivity contribution in [3.63, 3.8) is 0 Å². The zero-order valence-electron chi connectivity index (χ0n) is 78.6. The van der Waals surface area contributed by atoms with Gasteiger partial charge in [0, 0.05) is 98.2 Å². The molecule has 0 spiro atoms. The molecule has 0 aliphatic heterocycles. The normalized spacial score (nSPS) is 11.8. The predicted molar refractivity (Wildman–Crippen MR) is 610 cm³/mol. The summed E-state index contributed by atoms with van der Waals surface area (Å²) in [6, 6.07) is 199. The Labute approximate surface area is 831 Å². The van der Waals surface area contributed by atoms with Crippen LogP contribution in [0.5, 0.6) is 0 Å². The van der Waals surface area contributed by atoms with Gasteiger partial charge in [-0.15, -0.1) is 0 Å². The average Bonchev–Trinajstić information content (AvgIpc) is 1.59. The molecule has 0 aliphatic rings. The average molecular weight is 1830 g/mol. The van der Waals surface area contributed by atoms with E-state index < -0.39 is 0 Å². The number of hydrogen-bond acceptors (Lipinski definition) is 0. The summed E-state index contributed by atoms with van der Waals surface area (Å²) in [5.74, 6) is 0. The van der Waals surface area contributed by atoms with Crippen molar-refractivity contribution in [3.05, 3.63) is 546 Å². The molecule has 0 radical (unpaired) electrons. The van der Waals surface area contributed by atoms with Crippen molar-refractivity contribution in [1.82, 2.24) is 27.4 Å². The number of fused-ring (bicyclic) bond motifs is 21. The summed E-state index contributed by atoms with van der Waals surface area (Å²) in [6.07, 6.45) is 0. The van der Waals surface area contributed by atoms with E-state index >= 15 is 0 Å². The Balaban J connectivity index is 0.000000105. The summed E-state index contributed by atoms with van der Waals surface area (Å²) in [5, 5.41) is 22.6. The van der Waals surface area contributed by atoms with Gasteiger partial charge in [0.25, 0.3) is 0 Å². The summed E-state index contributed by atoms with van der Waals surface area (Å²) < 4.78 is 14.4. The van der Waals surface area contributed by atoms with Crippen molar-refractivity contribution in [2.24, 2.45) is 0 Å². The van der Waals surface area contributed by atoms with Gasteiger partial charge in [0.05, 0.1) is 77.6 Å². The molecule has 0 saturated heterocycles. The van der Waals surface area contributed by atoms with Gasteiger partial charge in [0.2, 0.25) is 0 Å². The van der Waals surface area contributed by atoms with E-state index in [1.54, 1.807) is 0 Å². The van der Waals surface area contributed by atoms with Gasteiger partial charge >= 0.3 is 0 Å². The van der Waals surface area contributed by atoms with E-state index in [0.717, 1.165) is 17.1 Å². The predicted octanol–water partition coefficient (Wildman–Crippen LogP) is 37.1. The van der Waals surface area contributed by atoms with Gasteiger partial charge in [-0.2, -0.15) is 0 Å². The molecule has 0 fully saturated rings. The van der Waals surface area contributed by atoms with Gasteiger partial charge in [0.1, 0.15) is 0 Å². The van der Waals surface area contributed by atoms with Gasteiger partial charge in [0.15, 0.2) is 0 Å². The Kier molecular flexibility index (Phi) is 19.9. The van der Waals surface area contributed by atoms with Crippen LogP contribution in [-0.4, -0.2) is 27.4 Å². The quantitative estimate of drug-likeness (QED) is 0.117. The van der Waals surface area contributed by atoms with E-state index in [0.29, 0.717) is 0 Å². The van der Waals surface area contributed by atoms with E-state index in [1.807, 2.05) is 0 Å². The topological polar surface area (TPSA) is 29.6 Å². The first-order chi connectivity index (χ1) is 71.4. The van der Waals surface area contributed by atoms with E-state index in [-0.39, 0.29) is 0 Å². The Morgan fingerprint density at radius 3 is 0.639 bits per heavy atom. The van der Waals surface area contributed by atoms with Gasteiger partial charge in [-0.25, -0.2) is 0 Å². The molecule has 6 aromatic heterocycles. The summed E-state index contributed by atoms with van der Waals surface area (Å²) in [7, 11) is 0. The third-order valence-corrected chi connectivity index (χ3v) is 29.7.